The van der Waals surface area contributed by atoms with Gasteiger partial charge in [0.1, 0.15) is 5.75 Å². The maximum atomic E-state index is 10.6. The minimum atomic E-state index is -1.04. The molecule has 0 fully saturated rings. The predicted octanol–water partition coefficient (Wildman–Crippen LogP) is 3.14. The third-order valence-corrected chi connectivity index (χ3v) is 4.98. The van der Waals surface area contributed by atoms with E-state index < -0.39 is 6.29 Å². The average molecular weight is 378 g/mol. The number of aromatic nitrogens is 3. The summed E-state index contributed by atoms with van der Waals surface area (Å²) in [5.41, 5.74) is 6.10. The number of nitrogens with one attached hydrogen (secondary N) is 1. The lowest BCUT2D eigenvalue weighted by Gasteiger charge is -2.23. The molecule has 1 aromatic carbocycles. The fourth-order valence-corrected chi connectivity index (χ4v) is 3.62. The summed E-state index contributed by atoms with van der Waals surface area (Å²) in [6, 6.07) is 6.20. The van der Waals surface area contributed by atoms with Gasteiger partial charge in [0.25, 0.3) is 0 Å². The van der Waals surface area contributed by atoms with Gasteiger partial charge in [-0.05, 0) is 57.5 Å². The van der Waals surface area contributed by atoms with Gasteiger partial charge in [0.05, 0.1) is 17.1 Å². The van der Waals surface area contributed by atoms with E-state index in [1.807, 2.05) is 42.8 Å². The Balaban J connectivity index is 1.62. The molecule has 1 unspecified atom stereocenters. The largest absolute Gasteiger partial charge is 0.460 e. The molecular weight excluding hydrogens is 352 g/mol. The van der Waals surface area contributed by atoms with Crippen LogP contribution in [-0.2, 0) is 6.42 Å². The van der Waals surface area contributed by atoms with Gasteiger partial charge in [-0.25, -0.2) is 4.98 Å². The monoisotopic (exact) mass is 378 g/mol. The van der Waals surface area contributed by atoms with E-state index in [0.717, 1.165) is 54.3 Å². The summed E-state index contributed by atoms with van der Waals surface area (Å²) in [5.74, 6) is 0.717. The Kier molecular flexibility index (Phi) is 5.15. The van der Waals surface area contributed by atoms with Crippen molar-refractivity contribution in [3.63, 3.8) is 0 Å². The van der Waals surface area contributed by atoms with Crippen LogP contribution in [0.5, 0.6) is 5.75 Å². The molecule has 0 saturated heterocycles. The van der Waals surface area contributed by atoms with Gasteiger partial charge in [0.2, 0.25) is 6.29 Å². The van der Waals surface area contributed by atoms with Gasteiger partial charge in [0.15, 0.2) is 5.65 Å². The number of aryl methyl sites for hydroxylation is 3. The number of imidazole rings is 1. The third kappa shape index (κ3) is 3.66. The van der Waals surface area contributed by atoms with Crippen LogP contribution in [-0.4, -0.2) is 38.9 Å². The molecule has 28 heavy (non-hydrogen) atoms. The van der Waals surface area contributed by atoms with Gasteiger partial charge < -0.3 is 19.6 Å². The number of hydrogen-bond acceptors (Lipinski definition) is 5. The normalized spacial score (nSPS) is 16.0. The van der Waals surface area contributed by atoms with Crippen molar-refractivity contribution < 1.29 is 9.84 Å². The maximum absolute atomic E-state index is 10.6. The highest BCUT2D eigenvalue weighted by Crippen LogP contribution is 2.34. The first-order valence-corrected chi connectivity index (χ1v) is 9.78. The molecule has 1 aliphatic heterocycles. The first kappa shape index (κ1) is 18.7. The average Bonchev–Trinajstić information content (AvgIpc) is 3.08. The molecule has 4 rings (SSSR count). The highest BCUT2D eigenvalue weighted by Gasteiger charge is 2.24. The number of hydrogen-bond donors (Lipinski definition) is 2. The van der Waals surface area contributed by atoms with Crippen LogP contribution >= 0.6 is 0 Å². The fourth-order valence-electron chi connectivity index (χ4n) is 3.62. The van der Waals surface area contributed by atoms with Crippen molar-refractivity contribution in [2.24, 2.45) is 0 Å². The Morgan fingerprint density at radius 2 is 2.07 bits per heavy atom. The summed E-state index contributed by atoms with van der Waals surface area (Å²) in [7, 11) is 0. The number of aliphatic hydroxyl groups excluding tert-OH is 1. The molecule has 0 bridgehead atoms. The second-order valence-corrected chi connectivity index (χ2v) is 7.22. The number of fused-ring (bicyclic) bond motifs is 2. The summed E-state index contributed by atoms with van der Waals surface area (Å²) in [5, 5.41) is 13.9. The van der Waals surface area contributed by atoms with Gasteiger partial charge in [-0.3, -0.25) is 4.98 Å². The molecule has 2 N–H and O–H groups in total. The lowest BCUT2D eigenvalue weighted by Crippen LogP contribution is -2.21. The molecule has 2 aromatic heterocycles. The standard InChI is InChI=1S/C22H26N4O2/c1-4-23-9-5-6-16-7-8-17-11-18(22(27)28-20(17)10-16)19-13-26-12-14(2)24-15(3)21(26)25-19/h7-8,10-13,22-23,27H,4-6,9H2,1-3H3. The molecule has 0 radical (unpaired) electrons. The Morgan fingerprint density at radius 1 is 1.21 bits per heavy atom. The van der Waals surface area contributed by atoms with Crippen molar-refractivity contribution in [3.05, 3.63) is 58.8 Å². The quantitative estimate of drug-likeness (QED) is 0.645. The van der Waals surface area contributed by atoms with Crippen LogP contribution in [0.2, 0.25) is 0 Å². The van der Waals surface area contributed by atoms with Gasteiger partial charge in [-0.2, -0.15) is 0 Å². The molecule has 1 atom stereocenters. The van der Waals surface area contributed by atoms with Crippen LogP contribution < -0.4 is 10.1 Å². The van der Waals surface area contributed by atoms with E-state index in [1.165, 1.54) is 5.56 Å². The SMILES string of the molecule is CCNCCCc1ccc2c(c1)OC(O)C(c1cn3cc(C)nc(C)c3n1)=C2. The molecule has 0 amide bonds. The molecule has 0 spiro atoms. The van der Waals surface area contributed by atoms with Gasteiger partial charge in [0, 0.05) is 23.5 Å². The zero-order chi connectivity index (χ0) is 19.7. The number of ether oxygens (including phenoxy) is 1. The minimum absolute atomic E-state index is 0.660. The van der Waals surface area contributed by atoms with Crippen molar-refractivity contribution in [3.8, 4) is 5.75 Å². The maximum Gasteiger partial charge on any atom is 0.226 e. The van der Waals surface area contributed by atoms with E-state index >= 15 is 0 Å². The van der Waals surface area contributed by atoms with Crippen molar-refractivity contribution in [1.82, 2.24) is 19.7 Å². The second-order valence-electron chi connectivity index (χ2n) is 7.22. The molecule has 3 heterocycles. The third-order valence-electron chi connectivity index (χ3n) is 4.98. The summed E-state index contributed by atoms with van der Waals surface area (Å²) in [6.45, 7) is 8.00. The molecule has 1 aliphatic rings. The Labute approximate surface area is 164 Å². The van der Waals surface area contributed by atoms with Crippen molar-refractivity contribution in [1.29, 1.82) is 0 Å². The fraction of sp³-hybridized carbons (Fsp3) is 0.364. The van der Waals surface area contributed by atoms with E-state index in [2.05, 4.69) is 34.3 Å². The number of rotatable bonds is 6. The zero-order valence-electron chi connectivity index (χ0n) is 16.6. The molecule has 6 heteroatoms. The smallest absolute Gasteiger partial charge is 0.226 e. The van der Waals surface area contributed by atoms with Crippen molar-refractivity contribution in [2.75, 3.05) is 13.1 Å². The van der Waals surface area contributed by atoms with Crippen LogP contribution in [0.1, 0.15) is 41.6 Å². The summed E-state index contributed by atoms with van der Waals surface area (Å²) >= 11 is 0. The van der Waals surface area contributed by atoms with Crippen molar-refractivity contribution >= 4 is 17.3 Å². The first-order valence-electron chi connectivity index (χ1n) is 9.78. The zero-order valence-corrected chi connectivity index (χ0v) is 16.6. The lowest BCUT2D eigenvalue weighted by atomic mass is 10.0. The van der Waals surface area contributed by atoms with Crippen LogP contribution in [0.4, 0.5) is 0 Å². The van der Waals surface area contributed by atoms with Crippen LogP contribution in [0, 0.1) is 13.8 Å². The molecule has 146 valence electrons. The molecule has 3 aromatic rings. The number of nitrogens with zero attached hydrogens (tertiary/aromatic N) is 3. The van der Waals surface area contributed by atoms with Gasteiger partial charge in [-0.1, -0.05) is 19.1 Å². The Bertz CT molecular complexity index is 1040. The summed E-state index contributed by atoms with van der Waals surface area (Å²) < 4.78 is 7.77. The minimum Gasteiger partial charge on any atom is -0.460 e. The summed E-state index contributed by atoms with van der Waals surface area (Å²) in [4.78, 5) is 9.12. The van der Waals surface area contributed by atoms with Crippen LogP contribution in [0.3, 0.4) is 0 Å². The van der Waals surface area contributed by atoms with Crippen LogP contribution in [0.15, 0.2) is 30.6 Å². The predicted molar refractivity (Wildman–Crippen MR) is 110 cm³/mol. The van der Waals surface area contributed by atoms with Gasteiger partial charge >= 0.3 is 0 Å². The van der Waals surface area contributed by atoms with Gasteiger partial charge in [-0.15, -0.1) is 0 Å². The molecule has 6 nitrogen and oxygen atoms in total. The van der Waals surface area contributed by atoms with E-state index in [-0.39, 0.29) is 0 Å². The highest BCUT2D eigenvalue weighted by molar-refractivity contribution is 5.86. The lowest BCUT2D eigenvalue weighted by molar-refractivity contribution is 0.0317. The molecule has 0 saturated carbocycles. The topological polar surface area (TPSA) is 71.7 Å². The second kappa shape index (κ2) is 7.73. The number of aliphatic hydroxyl groups is 1. The van der Waals surface area contributed by atoms with E-state index in [9.17, 15) is 5.11 Å². The Hall–Kier alpha value is -2.70. The molecular formula is C22H26N4O2. The highest BCUT2D eigenvalue weighted by atomic mass is 16.6. The molecule has 0 aliphatic carbocycles. The van der Waals surface area contributed by atoms with E-state index in [1.54, 1.807) is 0 Å². The number of benzene rings is 1. The van der Waals surface area contributed by atoms with E-state index in [4.69, 9.17) is 4.74 Å². The van der Waals surface area contributed by atoms with Crippen LogP contribution in [0.25, 0.3) is 17.3 Å². The van der Waals surface area contributed by atoms with Crippen molar-refractivity contribution in [2.45, 2.75) is 39.9 Å². The summed E-state index contributed by atoms with van der Waals surface area (Å²) in [6.07, 6.45) is 6.82. The first-order chi connectivity index (χ1) is 13.5. The Morgan fingerprint density at radius 3 is 2.89 bits per heavy atom. The van der Waals surface area contributed by atoms with E-state index in [0.29, 0.717) is 11.3 Å².